The van der Waals surface area contributed by atoms with Crippen LogP contribution in [-0.4, -0.2) is 23.4 Å². The van der Waals surface area contributed by atoms with E-state index in [0.29, 0.717) is 6.42 Å². The molecule has 0 bridgehead atoms. The molecule has 5 N–H and O–H groups in total. The van der Waals surface area contributed by atoms with Crippen molar-refractivity contribution >= 4 is 11.8 Å². The van der Waals surface area contributed by atoms with Crippen LogP contribution in [0.2, 0.25) is 0 Å². The van der Waals surface area contributed by atoms with E-state index in [4.69, 9.17) is 11.5 Å². The van der Waals surface area contributed by atoms with E-state index in [1.807, 2.05) is 13.8 Å². The minimum atomic E-state index is -0.662. The molecule has 0 aliphatic carbocycles. The van der Waals surface area contributed by atoms with Crippen molar-refractivity contribution in [1.82, 2.24) is 5.32 Å². The van der Waals surface area contributed by atoms with E-state index in [-0.39, 0.29) is 17.9 Å². The molecule has 0 saturated heterocycles. The lowest BCUT2D eigenvalue weighted by Gasteiger charge is -2.31. The number of hydrogen-bond donors (Lipinski definition) is 3. The van der Waals surface area contributed by atoms with Crippen LogP contribution in [0.25, 0.3) is 0 Å². The summed E-state index contributed by atoms with van der Waals surface area (Å²) < 4.78 is 0. The van der Waals surface area contributed by atoms with E-state index in [2.05, 4.69) is 12.2 Å². The molecule has 0 saturated carbocycles. The summed E-state index contributed by atoms with van der Waals surface area (Å²) >= 11 is 0. The van der Waals surface area contributed by atoms with Crippen LogP contribution >= 0.6 is 0 Å². The minimum Gasteiger partial charge on any atom is -0.370 e. The van der Waals surface area contributed by atoms with Crippen LogP contribution < -0.4 is 16.8 Å². The van der Waals surface area contributed by atoms with Gasteiger partial charge in [0, 0.05) is 12.0 Å². The van der Waals surface area contributed by atoms with Gasteiger partial charge in [-0.15, -0.1) is 0 Å². The number of amides is 2. The quantitative estimate of drug-likeness (QED) is 0.576. The molecule has 0 radical (unpaired) electrons. The van der Waals surface area contributed by atoms with Gasteiger partial charge in [0.2, 0.25) is 11.8 Å². The molecule has 0 spiro atoms. The molecule has 0 rings (SSSR count). The van der Waals surface area contributed by atoms with Gasteiger partial charge in [-0.05, 0) is 26.2 Å². The Bertz CT molecular complexity index is 281. The second-order valence-corrected chi connectivity index (χ2v) is 5.12. The number of carbonyl (C=O) groups excluding carboxylic acids is 2. The summed E-state index contributed by atoms with van der Waals surface area (Å²) in [5, 5.41) is 2.99. The first-order valence-corrected chi connectivity index (χ1v) is 6.70. The highest BCUT2D eigenvalue weighted by molar-refractivity contribution is 5.83. The van der Waals surface area contributed by atoms with E-state index < -0.39 is 11.9 Å². The summed E-state index contributed by atoms with van der Waals surface area (Å²) in [6.45, 7) is 6.20. The first-order valence-electron chi connectivity index (χ1n) is 6.70. The summed E-state index contributed by atoms with van der Waals surface area (Å²) in [4.78, 5) is 22.5. The first kappa shape index (κ1) is 16.9. The lowest BCUT2D eigenvalue weighted by Crippen LogP contribution is -2.52. The Labute approximate surface area is 110 Å². The van der Waals surface area contributed by atoms with Gasteiger partial charge >= 0.3 is 0 Å². The lowest BCUT2D eigenvalue weighted by atomic mass is 9.91. The van der Waals surface area contributed by atoms with Crippen molar-refractivity contribution < 1.29 is 9.59 Å². The second kappa shape index (κ2) is 8.08. The maximum Gasteiger partial charge on any atom is 0.237 e. The van der Waals surface area contributed by atoms with E-state index in [1.165, 1.54) is 0 Å². The molecule has 2 atom stereocenters. The lowest BCUT2D eigenvalue weighted by molar-refractivity contribution is -0.124. The normalized spacial score (nSPS) is 15.8. The molecule has 2 amide bonds. The highest BCUT2D eigenvalue weighted by Gasteiger charge is 2.26. The van der Waals surface area contributed by atoms with E-state index >= 15 is 0 Å². The molecule has 0 aromatic rings. The zero-order valence-electron chi connectivity index (χ0n) is 11.8. The number of nitrogens with two attached hydrogens (primary N) is 2. The topological polar surface area (TPSA) is 98.2 Å². The van der Waals surface area contributed by atoms with Gasteiger partial charge in [0.05, 0.1) is 6.04 Å². The Morgan fingerprint density at radius 3 is 2.39 bits per heavy atom. The average molecular weight is 257 g/mol. The molecule has 0 aromatic carbocycles. The predicted octanol–water partition coefficient (Wildman–Crippen LogP) is 1.05. The van der Waals surface area contributed by atoms with Gasteiger partial charge in [0.25, 0.3) is 0 Å². The van der Waals surface area contributed by atoms with E-state index in [1.54, 1.807) is 0 Å². The maximum atomic E-state index is 11.9. The van der Waals surface area contributed by atoms with Crippen LogP contribution in [0.3, 0.4) is 0 Å². The van der Waals surface area contributed by atoms with Crippen molar-refractivity contribution in [2.45, 2.75) is 70.9 Å². The molecule has 18 heavy (non-hydrogen) atoms. The highest BCUT2D eigenvalue weighted by atomic mass is 16.2. The number of rotatable bonds is 9. The largest absolute Gasteiger partial charge is 0.370 e. The SMILES string of the molecule is CCCCC(C)(CC)NC(=O)C(N)CCC(N)=O. The van der Waals surface area contributed by atoms with Crippen molar-refractivity contribution in [2.75, 3.05) is 0 Å². The second-order valence-electron chi connectivity index (χ2n) is 5.12. The fraction of sp³-hybridized carbons (Fsp3) is 0.846. The van der Waals surface area contributed by atoms with E-state index in [0.717, 1.165) is 25.7 Å². The van der Waals surface area contributed by atoms with Gasteiger partial charge in [0.1, 0.15) is 0 Å². The highest BCUT2D eigenvalue weighted by Crippen LogP contribution is 2.18. The van der Waals surface area contributed by atoms with E-state index in [9.17, 15) is 9.59 Å². The van der Waals surface area contributed by atoms with Gasteiger partial charge < -0.3 is 16.8 Å². The summed E-state index contributed by atoms with van der Waals surface area (Å²) in [5.41, 5.74) is 10.6. The van der Waals surface area contributed by atoms with Crippen LogP contribution in [0.1, 0.15) is 59.3 Å². The van der Waals surface area contributed by atoms with Gasteiger partial charge in [-0.2, -0.15) is 0 Å². The molecule has 2 unspecified atom stereocenters. The Kier molecular flexibility index (Phi) is 7.59. The molecule has 0 heterocycles. The minimum absolute atomic E-state index is 0.145. The number of carbonyl (C=O) groups is 2. The van der Waals surface area contributed by atoms with Crippen LogP contribution in [0.5, 0.6) is 0 Å². The van der Waals surface area contributed by atoms with Crippen LogP contribution in [-0.2, 0) is 9.59 Å². The number of unbranched alkanes of at least 4 members (excludes halogenated alkanes) is 1. The molecule has 0 aliphatic rings. The molecule has 106 valence electrons. The Hall–Kier alpha value is -1.10. The van der Waals surface area contributed by atoms with Gasteiger partial charge in [0.15, 0.2) is 0 Å². The molecule has 0 fully saturated rings. The van der Waals surface area contributed by atoms with Crippen LogP contribution in [0, 0.1) is 0 Å². The Morgan fingerprint density at radius 2 is 1.94 bits per heavy atom. The first-order chi connectivity index (χ1) is 8.34. The Morgan fingerprint density at radius 1 is 1.33 bits per heavy atom. The molecular formula is C13H27N3O2. The third-order valence-electron chi connectivity index (χ3n) is 3.33. The van der Waals surface area contributed by atoms with Crippen molar-refractivity contribution in [3.63, 3.8) is 0 Å². The maximum absolute atomic E-state index is 11.9. The van der Waals surface area contributed by atoms with Crippen LogP contribution in [0.4, 0.5) is 0 Å². The number of hydrogen-bond acceptors (Lipinski definition) is 3. The summed E-state index contributed by atoms with van der Waals surface area (Å²) in [7, 11) is 0. The summed E-state index contributed by atoms with van der Waals surface area (Å²) in [6, 6.07) is -0.662. The van der Waals surface area contributed by atoms with Crippen molar-refractivity contribution in [1.29, 1.82) is 0 Å². The average Bonchev–Trinajstić information content (AvgIpc) is 2.33. The molecule has 0 aliphatic heterocycles. The molecule has 5 nitrogen and oxygen atoms in total. The monoisotopic (exact) mass is 257 g/mol. The van der Waals surface area contributed by atoms with Crippen LogP contribution in [0.15, 0.2) is 0 Å². The smallest absolute Gasteiger partial charge is 0.237 e. The predicted molar refractivity (Wildman–Crippen MR) is 72.8 cm³/mol. The molecule has 0 aromatic heterocycles. The molecule has 5 heteroatoms. The summed E-state index contributed by atoms with van der Waals surface area (Å²) in [6.07, 6.45) is 4.41. The van der Waals surface area contributed by atoms with Gasteiger partial charge in [-0.3, -0.25) is 9.59 Å². The standard InChI is InChI=1S/C13H27N3O2/c1-4-6-9-13(3,5-2)16-12(18)10(14)7-8-11(15)17/h10H,4-9,14H2,1-3H3,(H2,15,17)(H,16,18). The molecular weight excluding hydrogens is 230 g/mol. The third kappa shape index (κ3) is 6.59. The fourth-order valence-electron chi connectivity index (χ4n) is 1.71. The number of nitrogens with one attached hydrogen (secondary N) is 1. The zero-order chi connectivity index (χ0) is 14.2. The third-order valence-corrected chi connectivity index (χ3v) is 3.33. The summed E-state index contributed by atoms with van der Waals surface area (Å²) in [5.74, 6) is -0.626. The fourth-order valence-corrected chi connectivity index (χ4v) is 1.71. The van der Waals surface area contributed by atoms with Gasteiger partial charge in [-0.25, -0.2) is 0 Å². The van der Waals surface area contributed by atoms with Crippen molar-refractivity contribution in [3.8, 4) is 0 Å². The van der Waals surface area contributed by atoms with Gasteiger partial charge in [-0.1, -0.05) is 26.7 Å². The zero-order valence-corrected chi connectivity index (χ0v) is 11.8. The Balaban J connectivity index is 4.28. The van der Waals surface area contributed by atoms with Crippen molar-refractivity contribution in [3.05, 3.63) is 0 Å². The van der Waals surface area contributed by atoms with Crippen molar-refractivity contribution in [2.24, 2.45) is 11.5 Å². The number of primary amides is 1.